The Hall–Kier alpha value is -3.15. The summed E-state index contributed by atoms with van der Waals surface area (Å²) in [6.45, 7) is 0.740. The number of nitrogens with zero attached hydrogens (tertiary/aromatic N) is 2. The third kappa shape index (κ3) is 4.31. The Morgan fingerprint density at radius 3 is 2.52 bits per heavy atom. The van der Waals surface area contributed by atoms with Crippen LogP contribution in [-0.2, 0) is 20.8 Å². The largest absolute Gasteiger partial charge is 0.339 e. The second-order valence-electron chi connectivity index (χ2n) is 7.62. The van der Waals surface area contributed by atoms with Gasteiger partial charge in [0.15, 0.2) is 0 Å². The summed E-state index contributed by atoms with van der Waals surface area (Å²) in [5.41, 5.74) is 2.54. The van der Waals surface area contributed by atoms with E-state index in [2.05, 4.69) is 17.4 Å². The average molecular weight is 391 g/mol. The Morgan fingerprint density at radius 2 is 1.69 bits per heavy atom. The van der Waals surface area contributed by atoms with Crippen LogP contribution in [0.25, 0.3) is 0 Å². The molecule has 0 saturated carbocycles. The number of amides is 3. The zero-order valence-corrected chi connectivity index (χ0v) is 16.3. The maximum atomic E-state index is 12.8. The van der Waals surface area contributed by atoms with Crippen molar-refractivity contribution in [3.05, 3.63) is 60.2 Å². The summed E-state index contributed by atoms with van der Waals surface area (Å²) in [7, 11) is 0. The molecule has 2 heterocycles. The number of hydrogen-bond donors (Lipinski definition) is 1. The number of rotatable bonds is 5. The second-order valence-corrected chi connectivity index (χ2v) is 7.62. The molecular formula is C23H25N3O3. The second kappa shape index (κ2) is 8.47. The number of carbonyl (C=O) groups is 3. The Bertz CT molecular complexity index is 913. The number of para-hydroxylation sites is 2. The van der Waals surface area contributed by atoms with E-state index >= 15 is 0 Å². The molecule has 1 unspecified atom stereocenters. The topological polar surface area (TPSA) is 69.7 Å². The number of benzene rings is 2. The van der Waals surface area contributed by atoms with Gasteiger partial charge in [-0.2, -0.15) is 0 Å². The molecule has 2 aliphatic rings. The summed E-state index contributed by atoms with van der Waals surface area (Å²) >= 11 is 0. The molecule has 0 spiro atoms. The van der Waals surface area contributed by atoms with Crippen LogP contribution in [0.1, 0.15) is 31.2 Å². The fourth-order valence-corrected chi connectivity index (χ4v) is 4.21. The predicted molar refractivity (Wildman–Crippen MR) is 112 cm³/mol. The number of nitrogens with one attached hydrogen (secondary N) is 1. The molecule has 1 atom stereocenters. The first kappa shape index (κ1) is 19.2. The van der Waals surface area contributed by atoms with Crippen LogP contribution in [0, 0.1) is 0 Å². The van der Waals surface area contributed by atoms with Crippen LogP contribution in [0.15, 0.2) is 54.6 Å². The highest BCUT2D eigenvalue weighted by molar-refractivity contribution is 6.10. The van der Waals surface area contributed by atoms with E-state index in [-0.39, 0.29) is 43.1 Å². The lowest BCUT2D eigenvalue weighted by Crippen LogP contribution is -2.43. The van der Waals surface area contributed by atoms with Crippen molar-refractivity contribution in [2.45, 2.75) is 38.1 Å². The number of fused-ring (bicyclic) bond motifs is 1. The lowest BCUT2D eigenvalue weighted by Gasteiger charge is -2.29. The summed E-state index contributed by atoms with van der Waals surface area (Å²) in [5, 5.41) is 2.78. The van der Waals surface area contributed by atoms with Gasteiger partial charge in [0.05, 0.1) is 11.4 Å². The van der Waals surface area contributed by atoms with Crippen LogP contribution >= 0.6 is 0 Å². The molecule has 4 rings (SSSR count). The first-order chi connectivity index (χ1) is 14.1. The minimum atomic E-state index is -0.217. The van der Waals surface area contributed by atoms with Crippen molar-refractivity contribution >= 4 is 29.1 Å². The number of hydrogen-bond acceptors (Lipinski definition) is 3. The molecule has 0 aliphatic carbocycles. The highest BCUT2D eigenvalue weighted by Crippen LogP contribution is 2.29. The van der Waals surface area contributed by atoms with E-state index < -0.39 is 0 Å². The molecule has 2 aromatic carbocycles. The lowest BCUT2D eigenvalue weighted by molar-refractivity contribution is -0.133. The normalized spacial score (nSPS) is 18.3. The van der Waals surface area contributed by atoms with Crippen LogP contribution in [0.5, 0.6) is 0 Å². The van der Waals surface area contributed by atoms with Crippen LogP contribution in [-0.4, -0.2) is 41.8 Å². The van der Waals surface area contributed by atoms with Gasteiger partial charge >= 0.3 is 0 Å². The van der Waals surface area contributed by atoms with E-state index in [1.165, 1.54) is 10.5 Å². The zero-order chi connectivity index (χ0) is 20.2. The molecule has 0 bridgehead atoms. The zero-order valence-electron chi connectivity index (χ0n) is 16.3. The van der Waals surface area contributed by atoms with E-state index in [0.717, 1.165) is 25.8 Å². The summed E-state index contributed by atoms with van der Waals surface area (Å²) in [4.78, 5) is 40.9. The lowest BCUT2D eigenvalue weighted by atomic mass is 10.0. The fraction of sp³-hybridized carbons (Fsp3) is 0.348. The van der Waals surface area contributed by atoms with Crippen molar-refractivity contribution in [1.82, 2.24) is 4.90 Å². The molecule has 3 amide bonds. The molecule has 2 aliphatic heterocycles. The molecule has 6 heteroatoms. The summed E-state index contributed by atoms with van der Waals surface area (Å²) in [6.07, 6.45) is 3.12. The summed E-state index contributed by atoms with van der Waals surface area (Å²) < 4.78 is 0. The molecule has 0 aromatic heterocycles. The first-order valence-electron chi connectivity index (χ1n) is 10.1. The van der Waals surface area contributed by atoms with Crippen molar-refractivity contribution in [2.24, 2.45) is 0 Å². The van der Waals surface area contributed by atoms with Gasteiger partial charge in [-0.3, -0.25) is 14.4 Å². The van der Waals surface area contributed by atoms with Gasteiger partial charge in [0, 0.05) is 25.4 Å². The van der Waals surface area contributed by atoms with Gasteiger partial charge in [-0.25, -0.2) is 0 Å². The summed E-state index contributed by atoms with van der Waals surface area (Å²) in [6, 6.07) is 17.6. The maximum absolute atomic E-state index is 12.8. The Morgan fingerprint density at radius 1 is 0.966 bits per heavy atom. The predicted octanol–water partition coefficient (Wildman–Crippen LogP) is 2.99. The molecule has 150 valence electrons. The Balaban J connectivity index is 1.37. The van der Waals surface area contributed by atoms with E-state index in [1.807, 2.05) is 41.3 Å². The fourth-order valence-electron chi connectivity index (χ4n) is 4.21. The van der Waals surface area contributed by atoms with Gasteiger partial charge in [0.25, 0.3) is 0 Å². The van der Waals surface area contributed by atoms with Gasteiger partial charge in [-0.1, -0.05) is 42.5 Å². The molecule has 1 N–H and O–H groups in total. The van der Waals surface area contributed by atoms with Crippen LogP contribution in [0.3, 0.4) is 0 Å². The van der Waals surface area contributed by atoms with E-state index in [9.17, 15) is 14.4 Å². The average Bonchev–Trinajstić information content (AvgIpc) is 3.20. The monoisotopic (exact) mass is 391 g/mol. The van der Waals surface area contributed by atoms with Crippen LogP contribution in [0.2, 0.25) is 0 Å². The molecular weight excluding hydrogens is 366 g/mol. The molecule has 6 nitrogen and oxygen atoms in total. The molecule has 29 heavy (non-hydrogen) atoms. The number of anilines is 2. The van der Waals surface area contributed by atoms with Crippen molar-refractivity contribution in [1.29, 1.82) is 0 Å². The van der Waals surface area contributed by atoms with Gasteiger partial charge in [0.2, 0.25) is 17.7 Å². The summed E-state index contributed by atoms with van der Waals surface area (Å²) in [5.74, 6) is -0.392. The third-order valence-electron chi connectivity index (χ3n) is 5.64. The van der Waals surface area contributed by atoms with Crippen molar-refractivity contribution in [3.63, 3.8) is 0 Å². The third-order valence-corrected chi connectivity index (χ3v) is 5.64. The maximum Gasteiger partial charge on any atom is 0.244 e. The minimum absolute atomic E-state index is 0.00954. The number of carbonyl (C=O) groups excluding carboxylic acids is 3. The van der Waals surface area contributed by atoms with Crippen molar-refractivity contribution in [3.8, 4) is 0 Å². The van der Waals surface area contributed by atoms with Crippen molar-refractivity contribution < 1.29 is 14.4 Å². The van der Waals surface area contributed by atoms with Gasteiger partial charge < -0.3 is 15.1 Å². The first-order valence-corrected chi connectivity index (χ1v) is 10.1. The Labute approximate surface area is 170 Å². The molecule has 2 aromatic rings. The van der Waals surface area contributed by atoms with E-state index in [4.69, 9.17) is 0 Å². The van der Waals surface area contributed by atoms with Crippen LogP contribution < -0.4 is 10.2 Å². The van der Waals surface area contributed by atoms with Gasteiger partial charge in [-0.15, -0.1) is 0 Å². The molecule has 1 saturated heterocycles. The highest BCUT2D eigenvalue weighted by atomic mass is 16.2. The minimum Gasteiger partial charge on any atom is -0.339 e. The van der Waals surface area contributed by atoms with Gasteiger partial charge in [-0.05, 0) is 37.0 Å². The molecule has 0 radical (unpaired) electrons. The van der Waals surface area contributed by atoms with E-state index in [1.54, 1.807) is 6.07 Å². The smallest absolute Gasteiger partial charge is 0.244 e. The van der Waals surface area contributed by atoms with Crippen molar-refractivity contribution in [2.75, 3.05) is 23.3 Å². The number of likely N-dealkylation sites (tertiary alicyclic amines) is 1. The highest BCUT2D eigenvalue weighted by Gasteiger charge is 2.30. The van der Waals surface area contributed by atoms with E-state index in [0.29, 0.717) is 11.4 Å². The Kier molecular flexibility index (Phi) is 5.60. The molecule has 1 fully saturated rings. The SMILES string of the molecule is O=C1CN(C(=O)CCC(=O)N2CCCC2Cc2ccccc2)c2ccccc2N1. The standard InChI is InChI=1S/C23H25N3O3/c27-21-16-26(20-11-5-4-10-19(20)24-21)23(29)13-12-22(28)25-14-6-9-18(25)15-17-7-2-1-3-8-17/h1-5,7-8,10-11,18H,6,9,12-16H2,(H,24,27). The van der Waals surface area contributed by atoms with Gasteiger partial charge in [0.1, 0.15) is 6.54 Å². The van der Waals surface area contributed by atoms with Crippen LogP contribution in [0.4, 0.5) is 11.4 Å². The quantitative estimate of drug-likeness (QED) is 0.852.